The van der Waals surface area contributed by atoms with Gasteiger partial charge in [0.2, 0.25) is 0 Å². The van der Waals surface area contributed by atoms with Crippen LogP contribution in [0.2, 0.25) is 0 Å². The molecule has 12 heteroatoms. The van der Waals surface area contributed by atoms with Crippen LogP contribution in [0.4, 0.5) is 26.1 Å². The van der Waals surface area contributed by atoms with Gasteiger partial charge in [-0.2, -0.15) is 5.10 Å². The van der Waals surface area contributed by atoms with Crippen molar-refractivity contribution >= 4 is 28.9 Å². The highest BCUT2D eigenvalue weighted by Gasteiger charge is 2.27. The molecule has 0 saturated carbocycles. The molecule has 3 aromatic rings. The number of rotatable bonds is 8. The van der Waals surface area contributed by atoms with E-state index in [0.29, 0.717) is 24.5 Å². The molecular formula is C22H27F2N7O3. The summed E-state index contributed by atoms with van der Waals surface area (Å²) in [5.41, 5.74) is -0.491. The number of nitrogens with one attached hydrogen (secondary N) is 3. The van der Waals surface area contributed by atoms with E-state index in [9.17, 15) is 18.7 Å². The molecule has 1 aliphatic heterocycles. The number of fused-ring (bicyclic) bond motifs is 1. The Hall–Kier alpha value is -3.38. The van der Waals surface area contributed by atoms with Crippen molar-refractivity contribution in [3.05, 3.63) is 42.1 Å². The predicted molar refractivity (Wildman–Crippen MR) is 121 cm³/mol. The van der Waals surface area contributed by atoms with Crippen LogP contribution in [-0.2, 0) is 4.74 Å². The van der Waals surface area contributed by atoms with Crippen molar-refractivity contribution in [3.8, 4) is 0 Å². The van der Waals surface area contributed by atoms with Crippen LogP contribution >= 0.6 is 0 Å². The Morgan fingerprint density at radius 1 is 1.38 bits per heavy atom. The summed E-state index contributed by atoms with van der Waals surface area (Å²) in [7, 11) is 0. The van der Waals surface area contributed by atoms with Gasteiger partial charge in [-0.1, -0.05) is 0 Å². The lowest BCUT2D eigenvalue weighted by molar-refractivity contribution is -0.00177. The molecule has 10 nitrogen and oxygen atoms in total. The summed E-state index contributed by atoms with van der Waals surface area (Å²) < 4.78 is 35.3. The van der Waals surface area contributed by atoms with Crippen LogP contribution in [0, 0.1) is 5.82 Å². The Kier molecular flexibility index (Phi) is 6.89. The van der Waals surface area contributed by atoms with Gasteiger partial charge in [0.25, 0.3) is 5.91 Å². The van der Waals surface area contributed by atoms with Crippen molar-refractivity contribution in [1.29, 1.82) is 0 Å². The predicted octanol–water partition coefficient (Wildman–Crippen LogP) is 2.44. The highest BCUT2D eigenvalue weighted by Crippen LogP contribution is 2.25. The molecule has 1 unspecified atom stereocenters. The first-order valence-electron chi connectivity index (χ1n) is 11.0. The molecule has 1 aliphatic rings. The number of halogens is 2. The molecule has 1 amide bonds. The van der Waals surface area contributed by atoms with Crippen LogP contribution in [0.3, 0.4) is 0 Å². The van der Waals surface area contributed by atoms with Crippen molar-refractivity contribution in [2.45, 2.75) is 44.5 Å². The Morgan fingerprint density at radius 2 is 2.15 bits per heavy atom. The number of ether oxygens (including phenoxy) is 1. The Bertz CT molecular complexity index is 1160. The summed E-state index contributed by atoms with van der Waals surface area (Å²) in [6, 6.07) is 3.27. The zero-order valence-electron chi connectivity index (χ0n) is 18.9. The maximum atomic E-state index is 14.5. The van der Waals surface area contributed by atoms with Gasteiger partial charge in [-0.15, -0.1) is 0 Å². The normalized spacial score (nSPS) is 15.8. The van der Waals surface area contributed by atoms with Crippen LogP contribution in [0.25, 0.3) is 5.65 Å². The SMILES string of the molecule is CC(C)(O)C(F)CNC(=O)c1cnc(Nc2nc3ccnn3cc2F)cc1NC1CCOCC1. The highest BCUT2D eigenvalue weighted by molar-refractivity contribution is 5.99. The molecule has 4 N–H and O–H groups in total. The van der Waals surface area contributed by atoms with Crippen molar-refractivity contribution < 1.29 is 23.4 Å². The molecule has 0 aliphatic carbocycles. The van der Waals surface area contributed by atoms with Crippen molar-refractivity contribution in [2.75, 3.05) is 30.4 Å². The molecule has 0 spiro atoms. The molecule has 0 bridgehead atoms. The van der Waals surface area contributed by atoms with Gasteiger partial charge in [0.1, 0.15) is 12.0 Å². The molecule has 1 atom stereocenters. The number of aliphatic hydroxyl groups is 1. The average Bonchev–Trinajstić information content (AvgIpc) is 3.24. The van der Waals surface area contributed by atoms with Gasteiger partial charge in [0, 0.05) is 37.6 Å². The topological polar surface area (TPSA) is 126 Å². The summed E-state index contributed by atoms with van der Waals surface area (Å²) in [5, 5.41) is 22.4. The fraction of sp³-hybridized carbons (Fsp3) is 0.455. The maximum absolute atomic E-state index is 14.5. The number of hydrogen-bond acceptors (Lipinski definition) is 8. The van der Waals surface area contributed by atoms with Gasteiger partial charge in [-0.25, -0.2) is 23.3 Å². The maximum Gasteiger partial charge on any atom is 0.255 e. The summed E-state index contributed by atoms with van der Waals surface area (Å²) in [6.45, 7) is 3.48. The lowest BCUT2D eigenvalue weighted by atomic mass is 10.0. The first-order valence-corrected chi connectivity index (χ1v) is 11.0. The molecule has 0 aromatic carbocycles. The van der Waals surface area contributed by atoms with Gasteiger partial charge >= 0.3 is 0 Å². The first-order chi connectivity index (χ1) is 16.2. The van der Waals surface area contributed by atoms with E-state index < -0.39 is 23.5 Å². The third kappa shape index (κ3) is 5.57. The lowest BCUT2D eigenvalue weighted by Crippen LogP contribution is -2.42. The molecule has 4 heterocycles. The molecule has 4 rings (SSSR count). The minimum absolute atomic E-state index is 0.0415. The van der Waals surface area contributed by atoms with E-state index in [0.717, 1.165) is 12.8 Å². The second-order valence-electron chi connectivity index (χ2n) is 8.67. The third-order valence-corrected chi connectivity index (χ3v) is 5.52. The lowest BCUT2D eigenvalue weighted by Gasteiger charge is -2.26. The Labute approximate surface area is 194 Å². The van der Waals surface area contributed by atoms with Gasteiger partial charge in [0.05, 0.1) is 35.8 Å². The number of alkyl halides is 1. The molecule has 1 fully saturated rings. The van der Waals surface area contributed by atoms with Gasteiger partial charge < -0.3 is 25.8 Å². The highest BCUT2D eigenvalue weighted by atomic mass is 19.1. The minimum atomic E-state index is -1.65. The number of anilines is 3. The molecule has 182 valence electrons. The Balaban J connectivity index is 1.57. The van der Waals surface area contributed by atoms with E-state index in [1.807, 2.05) is 0 Å². The molecular weight excluding hydrogens is 448 g/mol. The monoisotopic (exact) mass is 475 g/mol. The van der Waals surface area contributed by atoms with Gasteiger partial charge in [0.15, 0.2) is 17.3 Å². The zero-order chi connectivity index (χ0) is 24.3. The van der Waals surface area contributed by atoms with E-state index in [1.54, 1.807) is 12.1 Å². The number of pyridine rings is 1. The van der Waals surface area contributed by atoms with Crippen LogP contribution < -0.4 is 16.0 Å². The van der Waals surface area contributed by atoms with Gasteiger partial charge in [-0.05, 0) is 26.7 Å². The molecule has 1 saturated heterocycles. The minimum Gasteiger partial charge on any atom is -0.387 e. The van der Waals surface area contributed by atoms with Crippen molar-refractivity contribution in [1.82, 2.24) is 24.9 Å². The third-order valence-electron chi connectivity index (χ3n) is 5.52. The van der Waals surface area contributed by atoms with E-state index in [2.05, 4.69) is 31.0 Å². The molecule has 3 aromatic heterocycles. The van der Waals surface area contributed by atoms with Crippen LogP contribution in [0.15, 0.2) is 30.7 Å². The largest absolute Gasteiger partial charge is 0.387 e. The number of hydrogen-bond donors (Lipinski definition) is 4. The number of nitrogens with zero attached hydrogens (tertiary/aromatic N) is 4. The van der Waals surface area contributed by atoms with Crippen LogP contribution in [0.1, 0.15) is 37.0 Å². The second kappa shape index (κ2) is 9.85. The fourth-order valence-corrected chi connectivity index (χ4v) is 3.45. The number of carbonyl (C=O) groups is 1. The second-order valence-corrected chi connectivity index (χ2v) is 8.67. The summed E-state index contributed by atoms with van der Waals surface area (Å²) in [5.74, 6) is -0.953. The van der Waals surface area contributed by atoms with Crippen molar-refractivity contribution in [2.24, 2.45) is 0 Å². The number of amides is 1. The number of aromatic nitrogens is 4. The smallest absolute Gasteiger partial charge is 0.255 e. The average molecular weight is 476 g/mol. The molecule has 0 radical (unpaired) electrons. The van der Waals surface area contributed by atoms with E-state index in [1.165, 1.54) is 37.0 Å². The summed E-state index contributed by atoms with van der Waals surface area (Å²) in [6.07, 6.45) is 3.87. The van der Waals surface area contributed by atoms with E-state index in [-0.39, 0.29) is 29.8 Å². The Morgan fingerprint density at radius 3 is 2.88 bits per heavy atom. The zero-order valence-corrected chi connectivity index (χ0v) is 18.9. The van der Waals surface area contributed by atoms with E-state index in [4.69, 9.17) is 4.74 Å². The van der Waals surface area contributed by atoms with Crippen LogP contribution in [-0.4, -0.2) is 68.2 Å². The van der Waals surface area contributed by atoms with E-state index >= 15 is 0 Å². The quantitative estimate of drug-likeness (QED) is 0.392. The fourth-order valence-electron chi connectivity index (χ4n) is 3.45. The first kappa shape index (κ1) is 23.8. The van der Waals surface area contributed by atoms with Crippen molar-refractivity contribution in [3.63, 3.8) is 0 Å². The molecule has 34 heavy (non-hydrogen) atoms. The summed E-state index contributed by atoms with van der Waals surface area (Å²) >= 11 is 0. The summed E-state index contributed by atoms with van der Waals surface area (Å²) in [4.78, 5) is 21.2. The van der Waals surface area contributed by atoms with Crippen LogP contribution in [0.5, 0.6) is 0 Å². The van der Waals surface area contributed by atoms with Gasteiger partial charge in [-0.3, -0.25) is 4.79 Å². The number of carbonyl (C=O) groups excluding carboxylic acids is 1. The standard InChI is InChI=1S/C22H27F2N7O3/c1-22(2,33)17(24)11-26-21(32)14-10-25-18(9-16(14)28-13-4-7-34-8-5-13)29-20-15(23)12-31-19(30-20)3-6-27-31/h3,6,9-10,12-13,17,33H,4-5,7-8,11H2,1-2H3,(H,26,32)(H2,25,28,29,30).